The molecule has 0 saturated heterocycles. The molecular formula is C15H18ClN3. The molecule has 3 nitrogen and oxygen atoms in total. The largest absolute Gasteiger partial charge is 0.313 e. The van der Waals surface area contributed by atoms with Gasteiger partial charge in [-0.2, -0.15) is 5.10 Å². The highest BCUT2D eigenvalue weighted by Gasteiger charge is 2.22. The molecule has 19 heavy (non-hydrogen) atoms. The van der Waals surface area contributed by atoms with Crippen LogP contribution in [0.1, 0.15) is 35.7 Å². The molecule has 0 amide bonds. The Labute approximate surface area is 118 Å². The highest BCUT2D eigenvalue weighted by Crippen LogP contribution is 2.29. The first kappa shape index (κ1) is 12.7. The van der Waals surface area contributed by atoms with Crippen LogP contribution < -0.4 is 5.32 Å². The smallest absolute Gasteiger partial charge is 0.0662 e. The van der Waals surface area contributed by atoms with Gasteiger partial charge in [0, 0.05) is 22.3 Å². The number of benzene rings is 1. The molecule has 1 heterocycles. The third kappa shape index (κ3) is 2.53. The van der Waals surface area contributed by atoms with Crippen LogP contribution in [0.15, 0.2) is 30.5 Å². The van der Waals surface area contributed by atoms with Crippen LogP contribution in [0.3, 0.4) is 0 Å². The maximum absolute atomic E-state index is 5.92. The van der Waals surface area contributed by atoms with Crippen molar-refractivity contribution < 1.29 is 0 Å². The van der Waals surface area contributed by atoms with Crippen LogP contribution in [0.2, 0.25) is 5.02 Å². The van der Waals surface area contributed by atoms with Crippen LogP contribution in [-0.2, 0) is 13.0 Å². The molecule has 3 rings (SSSR count). The number of nitrogens with one attached hydrogen (secondary N) is 1. The third-order valence-corrected chi connectivity index (χ3v) is 4.11. The summed E-state index contributed by atoms with van der Waals surface area (Å²) in [6.45, 7) is 0.822. The standard InChI is InChI=1S/C15H18ClN3/c1-17-14-3-2-4-15-13(14)9-18-19(15)10-11-5-7-12(16)8-6-11/h5-9,14,17H,2-4,10H2,1H3. The number of fused-ring (bicyclic) bond motifs is 1. The molecule has 0 aliphatic heterocycles. The van der Waals surface area contributed by atoms with Gasteiger partial charge in [-0.3, -0.25) is 4.68 Å². The Balaban J connectivity index is 1.86. The zero-order valence-electron chi connectivity index (χ0n) is 11.1. The first-order valence-electron chi connectivity index (χ1n) is 6.74. The van der Waals surface area contributed by atoms with Gasteiger partial charge in [0.25, 0.3) is 0 Å². The van der Waals surface area contributed by atoms with E-state index >= 15 is 0 Å². The Hall–Kier alpha value is -1.32. The summed E-state index contributed by atoms with van der Waals surface area (Å²) in [6, 6.07) is 8.46. The molecule has 1 aliphatic rings. The molecule has 2 aromatic rings. The maximum Gasteiger partial charge on any atom is 0.0662 e. The molecule has 0 radical (unpaired) electrons. The van der Waals surface area contributed by atoms with Crippen molar-refractivity contribution in [1.29, 1.82) is 0 Å². The minimum Gasteiger partial charge on any atom is -0.313 e. The summed E-state index contributed by atoms with van der Waals surface area (Å²) in [4.78, 5) is 0. The second kappa shape index (κ2) is 5.35. The van der Waals surface area contributed by atoms with Crippen molar-refractivity contribution in [1.82, 2.24) is 15.1 Å². The number of nitrogens with zero attached hydrogens (tertiary/aromatic N) is 2. The summed E-state index contributed by atoms with van der Waals surface area (Å²) in [5.41, 5.74) is 3.98. The third-order valence-electron chi connectivity index (χ3n) is 3.86. The zero-order chi connectivity index (χ0) is 13.2. The van der Waals surface area contributed by atoms with Gasteiger partial charge in [0.2, 0.25) is 0 Å². The van der Waals surface area contributed by atoms with Gasteiger partial charge in [0.1, 0.15) is 0 Å². The highest BCUT2D eigenvalue weighted by atomic mass is 35.5. The van der Waals surface area contributed by atoms with Crippen molar-refractivity contribution >= 4 is 11.6 Å². The van der Waals surface area contributed by atoms with Gasteiger partial charge < -0.3 is 5.32 Å². The lowest BCUT2D eigenvalue weighted by atomic mass is 9.93. The number of hydrogen-bond acceptors (Lipinski definition) is 2. The average molecular weight is 276 g/mol. The summed E-state index contributed by atoms with van der Waals surface area (Å²) in [7, 11) is 2.02. The number of hydrogen-bond donors (Lipinski definition) is 1. The molecule has 0 bridgehead atoms. The van der Waals surface area contributed by atoms with E-state index in [2.05, 4.69) is 27.2 Å². The first-order chi connectivity index (χ1) is 9.28. The van der Waals surface area contributed by atoms with E-state index in [1.807, 2.05) is 25.4 Å². The van der Waals surface area contributed by atoms with Gasteiger partial charge in [-0.05, 0) is 44.0 Å². The Kier molecular flexibility index (Phi) is 3.58. The van der Waals surface area contributed by atoms with Crippen LogP contribution in [0.5, 0.6) is 0 Å². The molecule has 100 valence electrons. The fourth-order valence-electron chi connectivity index (χ4n) is 2.82. The topological polar surface area (TPSA) is 29.9 Å². The lowest BCUT2D eigenvalue weighted by Crippen LogP contribution is -2.22. The van der Waals surface area contributed by atoms with Crippen molar-refractivity contribution in [3.05, 3.63) is 52.3 Å². The zero-order valence-corrected chi connectivity index (χ0v) is 11.8. The molecule has 1 atom stereocenters. The SMILES string of the molecule is CNC1CCCc2c1cnn2Cc1ccc(Cl)cc1. The summed E-state index contributed by atoms with van der Waals surface area (Å²) in [6.07, 6.45) is 5.58. The van der Waals surface area contributed by atoms with E-state index in [1.165, 1.54) is 29.7 Å². The monoisotopic (exact) mass is 275 g/mol. The van der Waals surface area contributed by atoms with Crippen molar-refractivity contribution in [2.24, 2.45) is 0 Å². The fourth-order valence-corrected chi connectivity index (χ4v) is 2.94. The molecule has 1 unspecified atom stereocenters. The van der Waals surface area contributed by atoms with E-state index < -0.39 is 0 Å². The van der Waals surface area contributed by atoms with Crippen molar-refractivity contribution in [2.75, 3.05) is 7.05 Å². The van der Waals surface area contributed by atoms with Crippen LogP contribution in [0, 0.1) is 0 Å². The molecule has 0 spiro atoms. The Morgan fingerprint density at radius 2 is 2.16 bits per heavy atom. The van der Waals surface area contributed by atoms with Gasteiger partial charge in [-0.15, -0.1) is 0 Å². The van der Waals surface area contributed by atoms with Gasteiger partial charge in [0.05, 0.1) is 12.7 Å². The van der Waals surface area contributed by atoms with Gasteiger partial charge in [-0.1, -0.05) is 23.7 Å². The van der Waals surface area contributed by atoms with E-state index in [0.717, 1.165) is 18.0 Å². The molecule has 4 heteroatoms. The summed E-state index contributed by atoms with van der Waals surface area (Å²) in [5, 5.41) is 8.71. The van der Waals surface area contributed by atoms with Crippen LogP contribution >= 0.6 is 11.6 Å². The lowest BCUT2D eigenvalue weighted by Gasteiger charge is -2.22. The van der Waals surface area contributed by atoms with Crippen LogP contribution in [-0.4, -0.2) is 16.8 Å². The van der Waals surface area contributed by atoms with Crippen LogP contribution in [0.4, 0.5) is 0 Å². The lowest BCUT2D eigenvalue weighted by molar-refractivity contribution is 0.481. The van der Waals surface area contributed by atoms with Crippen molar-refractivity contribution in [2.45, 2.75) is 31.8 Å². The summed E-state index contributed by atoms with van der Waals surface area (Å²) >= 11 is 5.92. The molecule has 0 fully saturated rings. The Morgan fingerprint density at radius 3 is 2.89 bits per heavy atom. The Morgan fingerprint density at radius 1 is 1.37 bits per heavy atom. The van der Waals surface area contributed by atoms with Crippen molar-refractivity contribution in [3.63, 3.8) is 0 Å². The van der Waals surface area contributed by atoms with Gasteiger partial charge >= 0.3 is 0 Å². The summed E-state index contributed by atoms with van der Waals surface area (Å²) in [5.74, 6) is 0. The quantitative estimate of drug-likeness (QED) is 0.932. The second-order valence-corrected chi connectivity index (χ2v) is 5.50. The molecule has 1 aliphatic carbocycles. The molecular weight excluding hydrogens is 258 g/mol. The maximum atomic E-state index is 5.92. The van der Waals surface area contributed by atoms with Crippen LogP contribution in [0.25, 0.3) is 0 Å². The molecule has 0 saturated carbocycles. The highest BCUT2D eigenvalue weighted by molar-refractivity contribution is 6.30. The Bertz CT molecular complexity index is 559. The molecule has 1 N–H and O–H groups in total. The van der Waals surface area contributed by atoms with E-state index in [9.17, 15) is 0 Å². The van der Waals surface area contributed by atoms with E-state index in [1.54, 1.807) is 0 Å². The van der Waals surface area contributed by atoms with Crippen molar-refractivity contribution in [3.8, 4) is 0 Å². The second-order valence-electron chi connectivity index (χ2n) is 5.06. The first-order valence-corrected chi connectivity index (χ1v) is 7.12. The predicted octanol–water partition coefficient (Wildman–Crippen LogP) is 3.18. The van der Waals surface area contributed by atoms with E-state index in [0.29, 0.717) is 6.04 Å². The fraction of sp³-hybridized carbons (Fsp3) is 0.400. The summed E-state index contributed by atoms with van der Waals surface area (Å²) < 4.78 is 2.13. The van der Waals surface area contributed by atoms with E-state index in [-0.39, 0.29) is 0 Å². The number of aromatic nitrogens is 2. The number of rotatable bonds is 3. The van der Waals surface area contributed by atoms with Gasteiger partial charge in [0.15, 0.2) is 0 Å². The average Bonchev–Trinajstić information content (AvgIpc) is 2.84. The minimum absolute atomic E-state index is 0.461. The molecule has 1 aromatic heterocycles. The van der Waals surface area contributed by atoms with Gasteiger partial charge in [-0.25, -0.2) is 0 Å². The normalized spacial score (nSPS) is 18.3. The van der Waals surface area contributed by atoms with E-state index in [4.69, 9.17) is 11.6 Å². The molecule has 1 aromatic carbocycles. The minimum atomic E-state index is 0.461. The predicted molar refractivity (Wildman–Crippen MR) is 77.5 cm³/mol. The number of halogens is 1.